The lowest BCUT2D eigenvalue weighted by molar-refractivity contribution is -0.125. The van der Waals surface area contributed by atoms with Gasteiger partial charge in [-0.3, -0.25) is 19.3 Å². The molecule has 2 aromatic rings. The molecule has 0 aliphatic carbocycles. The van der Waals surface area contributed by atoms with Gasteiger partial charge < -0.3 is 5.32 Å². The molecular weight excluding hydrogens is 354 g/mol. The van der Waals surface area contributed by atoms with E-state index in [-0.39, 0.29) is 41.6 Å². The van der Waals surface area contributed by atoms with E-state index in [1.807, 2.05) is 24.3 Å². The van der Waals surface area contributed by atoms with Crippen LogP contribution in [0.3, 0.4) is 0 Å². The fraction of sp³-hybridized carbons (Fsp3) is 0.286. The van der Waals surface area contributed by atoms with Crippen LogP contribution in [0.1, 0.15) is 0 Å². The Balaban J connectivity index is 1.42. The van der Waals surface area contributed by atoms with Crippen molar-refractivity contribution in [3.63, 3.8) is 0 Å². The largest absolute Gasteiger partial charge is 0.354 e. The Morgan fingerprint density at radius 2 is 2.17 bits per heavy atom. The van der Waals surface area contributed by atoms with Crippen LogP contribution < -0.4 is 5.32 Å². The van der Waals surface area contributed by atoms with Crippen molar-refractivity contribution in [3.8, 4) is 0 Å². The third-order valence-electron chi connectivity index (χ3n) is 3.10. The summed E-state index contributed by atoms with van der Waals surface area (Å²) in [4.78, 5) is 40.3. The molecule has 0 bridgehead atoms. The van der Waals surface area contributed by atoms with Crippen molar-refractivity contribution in [2.75, 3.05) is 24.6 Å². The minimum atomic E-state index is -0.243. The molecule has 2 heterocycles. The Morgan fingerprint density at radius 1 is 1.35 bits per heavy atom. The first-order valence-corrected chi connectivity index (χ1v) is 9.64. The fourth-order valence-electron chi connectivity index (χ4n) is 2.00. The standard InChI is InChI=1S/C14H13N3O3S3/c18-11(15-5-6-17-12(19)8-22-14(17)20)7-21-13-16-9-3-1-2-4-10(9)23-13/h1-4H,5-8H2,(H,15,18). The van der Waals surface area contributed by atoms with E-state index in [0.717, 1.165) is 26.3 Å². The molecular formula is C14H13N3O3S3. The number of nitrogens with zero attached hydrogens (tertiary/aromatic N) is 2. The SMILES string of the molecule is O=C(CSc1nc2ccccc2s1)NCCN1C(=O)CSC1=O. The minimum Gasteiger partial charge on any atom is -0.354 e. The summed E-state index contributed by atoms with van der Waals surface area (Å²) < 4.78 is 1.95. The van der Waals surface area contributed by atoms with Crippen molar-refractivity contribution in [3.05, 3.63) is 24.3 Å². The number of carbonyl (C=O) groups excluding carboxylic acids is 3. The zero-order chi connectivity index (χ0) is 16.2. The van der Waals surface area contributed by atoms with Gasteiger partial charge in [-0.05, 0) is 12.1 Å². The quantitative estimate of drug-likeness (QED) is 0.789. The fourth-order valence-corrected chi connectivity index (χ4v) is 4.65. The molecule has 0 saturated carbocycles. The Labute approximate surface area is 145 Å². The number of benzene rings is 1. The smallest absolute Gasteiger partial charge is 0.288 e. The molecule has 3 rings (SSSR count). The summed E-state index contributed by atoms with van der Waals surface area (Å²) in [5.74, 6) is 0.121. The van der Waals surface area contributed by atoms with Crippen molar-refractivity contribution >= 4 is 62.1 Å². The second-order valence-corrected chi connectivity index (χ2v) is 7.87. The number of nitrogens with one attached hydrogen (secondary N) is 1. The number of hydrogen-bond donors (Lipinski definition) is 1. The first-order valence-electron chi connectivity index (χ1n) is 6.85. The molecule has 1 fully saturated rings. The van der Waals surface area contributed by atoms with Crippen LogP contribution in [-0.4, -0.2) is 51.5 Å². The average molecular weight is 367 g/mol. The molecule has 0 unspecified atom stereocenters. The molecule has 120 valence electrons. The molecule has 9 heteroatoms. The summed E-state index contributed by atoms with van der Waals surface area (Å²) in [6.45, 7) is 0.499. The van der Waals surface area contributed by atoms with Crippen molar-refractivity contribution < 1.29 is 14.4 Å². The van der Waals surface area contributed by atoms with Crippen LogP contribution in [0.15, 0.2) is 28.6 Å². The Kier molecular flexibility index (Phi) is 5.19. The highest BCUT2D eigenvalue weighted by molar-refractivity contribution is 8.14. The van der Waals surface area contributed by atoms with Crippen LogP contribution in [0, 0.1) is 0 Å². The second-order valence-electron chi connectivity index (χ2n) is 4.69. The van der Waals surface area contributed by atoms with Gasteiger partial charge in [-0.25, -0.2) is 4.98 Å². The Hall–Kier alpha value is -1.58. The molecule has 6 nitrogen and oxygen atoms in total. The predicted molar refractivity (Wildman–Crippen MR) is 92.9 cm³/mol. The molecule has 0 spiro atoms. The number of fused-ring (bicyclic) bond motifs is 1. The number of rotatable bonds is 6. The number of imide groups is 1. The van der Waals surface area contributed by atoms with E-state index in [4.69, 9.17) is 0 Å². The van der Waals surface area contributed by atoms with E-state index in [2.05, 4.69) is 10.3 Å². The summed E-state index contributed by atoms with van der Waals surface area (Å²) in [6.07, 6.45) is 0. The molecule has 1 aliphatic rings. The highest BCUT2D eigenvalue weighted by Crippen LogP contribution is 2.29. The van der Waals surface area contributed by atoms with Crippen molar-refractivity contribution in [2.24, 2.45) is 0 Å². The topological polar surface area (TPSA) is 79.4 Å². The normalized spacial score (nSPS) is 14.7. The Morgan fingerprint density at radius 3 is 2.91 bits per heavy atom. The van der Waals surface area contributed by atoms with Crippen LogP contribution in [0.4, 0.5) is 4.79 Å². The minimum absolute atomic E-state index is 0.138. The highest BCUT2D eigenvalue weighted by atomic mass is 32.2. The van der Waals surface area contributed by atoms with Gasteiger partial charge in [0, 0.05) is 13.1 Å². The highest BCUT2D eigenvalue weighted by Gasteiger charge is 2.29. The number of amides is 3. The molecule has 0 atom stereocenters. The van der Waals surface area contributed by atoms with Crippen LogP contribution in [0.5, 0.6) is 0 Å². The van der Waals surface area contributed by atoms with E-state index >= 15 is 0 Å². The van der Waals surface area contributed by atoms with Crippen molar-refractivity contribution in [1.82, 2.24) is 15.2 Å². The van der Waals surface area contributed by atoms with Gasteiger partial charge in [0.05, 0.1) is 21.7 Å². The lowest BCUT2D eigenvalue weighted by Gasteiger charge is -2.12. The predicted octanol–water partition coefficient (Wildman–Crippen LogP) is 2.20. The Bertz CT molecular complexity index is 713. The van der Waals surface area contributed by atoms with Gasteiger partial charge in [0.2, 0.25) is 11.8 Å². The van der Waals surface area contributed by atoms with Crippen LogP contribution in [0.25, 0.3) is 10.2 Å². The zero-order valence-corrected chi connectivity index (χ0v) is 14.4. The maximum absolute atomic E-state index is 11.8. The molecule has 23 heavy (non-hydrogen) atoms. The molecule has 1 aromatic heterocycles. The van der Waals surface area contributed by atoms with Crippen LogP contribution in [0.2, 0.25) is 0 Å². The first-order chi connectivity index (χ1) is 11.1. The van der Waals surface area contributed by atoms with Gasteiger partial charge in [-0.15, -0.1) is 11.3 Å². The maximum atomic E-state index is 11.8. The van der Waals surface area contributed by atoms with E-state index in [9.17, 15) is 14.4 Å². The molecule has 1 aliphatic heterocycles. The number of thioether (sulfide) groups is 2. The van der Waals surface area contributed by atoms with Gasteiger partial charge in [-0.1, -0.05) is 35.7 Å². The molecule has 1 saturated heterocycles. The number of para-hydroxylation sites is 1. The van der Waals surface area contributed by atoms with Crippen molar-refractivity contribution in [2.45, 2.75) is 4.34 Å². The number of hydrogen-bond acceptors (Lipinski definition) is 7. The monoisotopic (exact) mass is 367 g/mol. The molecule has 0 radical (unpaired) electrons. The van der Waals surface area contributed by atoms with Gasteiger partial charge in [-0.2, -0.15) is 0 Å². The summed E-state index contributed by atoms with van der Waals surface area (Å²) in [6, 6.07) is 7.83. The molecule has 1 aromatic carbocycles. The lowest BCUT2D eigenvalue weighted by atomic mass is 10.3. The van der Waals surface area contributed by atoms with E-state index in [1.54, 1.807) is 11.3 Å². The van der Waals surface area contributed by atoms with Gasteiger partial charge in [0.25, 0.3) is 5.24 Å². The maximum Gasteiger partial charge on any atom is 0.288 e. The van der Waals surface area contributed by atoms with E-state index < -0.39 is 0 Å². The molecule has 1 N–H and O–H groups in total. The van der Waals surface area contributed by atoms with Gasteiger partial charge in [0.1, 0.15) is 0 Å². The van der Waals surface area contributed by atoms with E-state index in [1.165, 1.54) is 16.7 Å². The first kappa shape index (κ1) is 16.3. The van der Waals surface area contributed by atoms with Crippen LogP contribution >= 0.6 is 34.9 Å². The number of aromatic nitrogens is 1. The summed E-state index contributed by atoms with van der Waals surface area (Å²) in [5, 5.41) is 2.47. The van der Waals surface area contributed by atoms with Crippen LogP contribution in [-0.2, 0) is 9.59 Å². The van der Waals surface area contributed by atoms with Gasteiger partial charge >= 0.3 is 0 Å². The summed E-state index contributed by atoms with van der Waals surface area (Å²) in [7, 11) is 0. The molecule has 3 amide bonds. The third-order valence-corrected chi connectivity index (χ3v) is 6.14. The van der Waals surface area contributed by atoms with E-state index in [0.29, 0.717) is 0 Å². The second kappa shape index (κ2) is 7.33. The lowest BCUT2D eigenvalue weighted by Crippen LogP contribution is -2.38. The number of thiazole rings is 1. The summed E-state index contributed by atoms with van der Waals surface area (Å²) in [5.41, 5.74) is 0.934. The summed E-state index contributed by atoms with van der Waals surface area (Å²) >= 11 is 3.93. The third kappa shape index (κ3) is 4.04. The number of carbonyl (C=O) groups is 3. The zero-order valence-electron chi connectivity index (χ0n) is 12.0. The van der Waals surface area contributed by atoms with Crippen molar-refractivity contribution in [1.29, 1.82) is 0 Å². The van der Waals surface area contributed by atoms with Gasteiger partial charge in [0.15, 0.2) is 4.34 Å². The average Bonchev–Trinajstić information content (AvgIpc) is 3.10.